The number of nitrogens with zero attached hydrogens (tertiary/aromatic N) is 2. The van der Waals surface area contributed by atoms with E-state index in [2.05, 4.69) is 20.6 Å². The summed E-state index contributed by atoms with van der Waals surface area (Å²) < 4.78 is 9.13. The maximum absolute atomic E-state index is 13.2. The van der Waals surface area contributed by atoms with Gasteiger partial charge in [0.25, 0.3) is 23.6 Å². The number of fused-ring (bicyclic) bond motifs is 20. The lowest BCUT2D eigenvalue weighted by Crippen LogP contribution is -2.33. The molecule has 4 amide bonds. The number of amides is 4. The largest absolute Gasteiger partial charge is 0.460 e. The van der Waals surface area contributed by atoms with E-state index in [1.54, 1.807) is 0 Å². The Labute approximate surface area is 387 Å². The van der Waals surface area contributed by atoms with Crippen LogP contribution in [0.5, 0.6) is 0 Å². The lowest BCUT2D eigenvalue weighted by atomic mass is 9.96. The summed E-state index contributed by atoms with van der Waals surface area (Å²) in [5.74, 6) is -2.35. The Morgan fingerprint density at radius 1 is 0.507 bits per heavy atom. The van der Waals surface area contributed by atoms with Crippen molar-refractivity contribution in [3.8, 4) is 0 Å². The van der Waals surface area contributed by atoms with Crippen LogP contribution < -0.4 is 10.6 Å². The minimum Gasteiger partial charge on any atom is -0.460 e. The molecule has 0 spiro atoms. The molecule has 10 aromatic rings. The van der Waals surface area contributed by atoms with E-state index in [9.17, 15) is 49.5 Å². The number of hydrogen-bond donors (Lipinski definition) is 9. The highest BCUT2D eigenvalue weighted by molar-refractivity contribution is 6.41. The molecule has 8 atom stereocenters. The Morgan fingerprint density at radius 2 is 0.899 bits per heavy atom. The molecule has 6 heterocycles. The minimum atomic E-state index is -1.27. The first-order chi connectivity index (χ1) is 33.3. The number of imide groups is 2. The van der Waals surface area contributed by atoms with E-state index in [1.165, 1.54) is 6.92 Å². The van der Waals surface area contributed by atoms with E-state index in [1.807, 2.05) is 106 Å². The van der Waals surface area contributed by atoms with Gasteiger partial charge in [-0.15, -0.1) is 0 Å². The standard InChI is InChI=1S/C27H21N3O6.C25H19N3O5/c1-11(31)36-17-10-16(24(32)25(17)33)30-15-9-5-3-7-13(15)19-21-20(26(34)29-27(21)35)18-12-6-2-4-8-14(12)28-22(18)23(19)30;29-15-9-14(22(30)23(15)31)28-13-8-4-2-6-11(13)17-19-18(24(32)27-25(19)33)16-10-5-1-3-7-12(10)26-20(16)21(17)28/h2-9,16-17,24-25,28,32-33H,10H2,1H3,(H,29,34,35);1-8,14-15,22-23,26,29-31H,9H2,(H,27,32,33)/t16?,17-,24-,25+;14?,15-,22-,23+/m00/s1. The van der Waals surface area contributed by atoms with Gasteiger partial charge in [0.1, 0.15) is 30.5 Å². The predicted molar refractivity (Wildman–Crippen MR) is 254 cm³/mol. The number of aliphatic hydroxyl groups excluding tert-OH is 5. The van der Waals surface area contributed by atoms with Crippen LogP contribution in [-0.2, 0) is 9.53 Å². The van der Waals surface area contributed by atoms with E-state index in [4.69, 9.17) is 4.74 Å². The number of benzene rings is 6. The topological polar surface area (TPSA) is 261 Å². The SMILES string of the molecule is CC(=O)O[C@H]1CC(n2c3ccccc3c3c4c(c5c6ccccc6[nH]c5c32)C(=O)NC4=O)[C@H](O)[C@@H]1O.O=C1NC(=O)c2c1c1c3ccccc3[nH]c1c1c2c2ccccc2n1C1C[C@H](O)[C@@H](O)[C@H]1O. The second-order valence-corrected chi connectivity index (χ2v) is 18.4. The van der Waals surface area contributed by atoms with E-state index in [0.29, 0.717) is 65.9 Å². The molecule has 2 aliphatic heterocycles. The van der Waals surface area contributed by atoms with Crippen molar-refractivity contribution in [1.82, 2.24) is 29.7 Å². The predicted octanol–water partition coefficient (Wildman–Crippen LogP) is 5.25. The summed E-state index contributed by atoms with van der Waals surface area (Å²) >= 11 is 0. The number of aromatic amines is 2. The van der Waals surface area contributed by atoms with Crippen LogP contribution in [0.15, 0.2) is 97.1 Å². The Morgan fingerprint density at radius 3 is 1.33 bits per heavy atom. The summed E-state index contributed by atoms with van der Waals surface area (Å²) in [4.78, 5) is 70.7. The van der Waals surface area contributed by atoms with Crippen molar-refractivity contribution in [3.05, 3.63) is 119 Å². The lowest BCUT2D eigenvalue weighted by Gasteiger charge is -2.21. The molecule has 4 aliphatic rings. The van der Waals surface area contributed by atoms with Crippen molar-refractivity contribution in [2.45, 2.75) is 68.5 Å². The van der Waals surface area contributed by atoms with Gasteiger partial charge in [-0.05, 0) is 30.7 Å². The molecular weight excluding hydrogens is 885 g/mol. The summed E-state index contributed by atoms with van der Waals surface area (Å²) in [7, 11) is 0. The average molecular weight is 925 g/mol. The van der Waals surface area contributed by atoms with Crippen LogP contribution in [0.4, 0.5) is 0 Å². The van der Waals surface area contributed by atoms with Crippen molar-refractivity contribution in [2.24, 2.45) is 0 Å². The average Bonchev–Trinajstić information content (AvgIpc) is 4.23. The molecule has 17 heteroatoms. The highest BCUT2D eigenvalue weighted by Crippen LogP contribution is 2.49. The molecular formula is C52H40N6O11. The fourth-order valence-electron chi connectivity index (χ4n) is 12.0. The minimum absolute atomic E-state index is 0.153. The maximum Gasteiger partial charge on any atom is 0.302 e. The van der Waals surface area contributed by atoms with Crippen LogP contribution in [-0.4, -0.2) is 111 Å². The molecule has 0 radical (unpaired) electrons. The van der Waals surface area contributed by atoms with Crippen LogP contribution in [0, 0.1) is 0 Å². The molecule has 344 valence electrons. The van der Waals surface area contributed by atoms with E-state index in [-0.39, 0.29) is 12.8 Å². The second-order valence-electron chi connectivity index (χ2n) is 18.4. The molecule has 17 nitrogen and oxygen atoms in total. The summed E-state index contributed by atoms with van der Waals surface area (Å²) in [6, 6.07) is 28.8. The Balaban J connectivity index is 0.000000136. The third-order valence-electron chi connectivity index (χ3n) is 14.8. The molecule has 4 aromatic heterocycles. The number of carbonyl (C=O) groups excluding carboxylic acids is 5. The zero-order chi connectivity index (χ0) is 47.5. The number of carbonyl (C=O) groups is 5. The van der Waals surface area contributed by atoms with Gasteiger partial charge in [-0.25, -0.2) is 0 Å². The molecule has 6 aromatic carbocycles. The van der Waals surface area contributed by atoms with Crippen LogP contribution >= 0.6 is 0 Å². The molecule has 69 heavy (non-hydrogen) atoms. The fourth-order valence-corrected chi connectivity index (χ4v) is 12.0. The normalized spacial score (nSPS) is 24.4. The van der Waals surface area contributed by atoms with Gasteiger partial charge >= 0.3 is 5.97 Å². The van der Waals surface area contributed by atoms with Crippen molar-refractivity contribution in [1.29, 1.82) is 0 Å². The van der Waals surface area contributed by atoms with Gasteiger partial charge in [0.2, 0.25) is 0 Å². The molecule has 2 aliphatic carbocycles. The van der Waals surface area contributed by atoms with Crippen LogP contribution in [0.2, 0.25) is 0 Å². The third kappa shape index (κ3) is 5.49. The highest BCUT2D eigenvalue weighted by Gasteiger charge is 2.47. The number of nitrogens with one attached hydrogen (secondary N) is 4. The third-order valence-corrected chi connectivity index (χ3v) is 14.8. The van der Waals surface area contributed by atoms with Crippen molar-refractivity contribution >= 4 is 117 Å². The molecule has 2 saturated carbocycles. The number of H-pyrrole nitrogens is 2. The molecule has 2 unspecified atom stereocenters. The van der Waals surface area contributed by atoms with Crippen molar-refractivity contribution in [3.63, 3.8) is 0 Å². The summed E-state index contributed by atoms with van der Waals surface area (Å²) in [5, 5.41) is 63.8. The Hall–Kier alpha value is -7.93. The van der Waals surface area contributed by atoms with Gasteiger partial charge in [-0.3, -0.25) is 34.6 Å². The smallest absolute Gasteiger partial charge is 0.302 e. The zero-order valence-electron chi connectivity index (χ0n) is 36.4. The quantitative estimate of drug-likeness (QED) is 0.0817. The highest BCUT2D eigenvalue weighted by atomic mass is 16.6. The number of hydrogen-bond acceptors (Lipinski definition) is 11. The Kier molecular flexibility index (Phi) is 8.70. The van der Waals surface area contributed by atoms with Gasteiger partial charge in [-0.1, -0.05) is 72.8 Å². The zero-order valence-corrected chi connectivity index (χ0v) is 36.4. The molecule has 2 fully saturated rings. The van der Waals surface area contributed by atoms with E-state index in [0.717, 1.165) is 43.6 Å². The van der Waals surface area contributed by atoms with Gasteiger partial charge in [-0.2, -0.15) is 0 Å². The summed E-state index contributed by atoms with van der Waals surface area (Å²) in [5.41, 5.74) is 7.02. The van der Waals surface area contributed by atoms with E-state index < -0.39 is 78.3 Å². The second kappa shape index (κ2) is 14.5. The Bertz CT molecular complexity index is 3990. The van der Waals surface area contributed by atoms with Crippen molar-refractivity contribution in [2.75, 3.05) is 0 Å². The van der Waals surface area contributed by atoms with E-state index >= 15 is 0 Å². The lowest BCUT2D eigenvalue weighted by molar-refractivity contribution is -0.152. The van der Waals surface area contributed by atoms with Crippen LogP contribution in [0.1, 0.15) is 73.3 Å². The first-order valence-corrected chi connectivity index (χ1v) is 22.6. The van der Waals surface area contributed by atoms with Gasteiger partial charge in [0.15, 0.2) is 0 Å². The van der Waals surface area contributed by atoms with Crippen LogP contribution in [0.3, 0.4) is 0 Å². The maximum atomic E-state index is 13.2. The fraction of sp³-hybridized carbons (Fsp3) is 0.212. The number of rotatable bonds is 3. The molecule has 9 N–H and O–H groups in total. The van der Waals surface area contributed by atoms with Gasteiger partial charge < -0.3 is 49.4 Å². The molecule has 0 bridgehead atoms. The number of aliphatic hydroxyl groups is 5. The van der Waals surface area contributed by atoms with Gasteiger partial charge in [0, 0.05) is 78.5 Å². The summed E-state index contributed by atoms with van der Waals surface area (Å²) in [6.07, 6.45) is -6.58. The monoisotopic (exact) mass is 924 g/mol. The first kappa shape index (κ1) is 41.3. The number of ether oxygens (including phenoxy) is 1. The molecule has 14 rings (SSSR count). The molecule has 0 saturated heterocycles. The first-order valence-electron chi connectivity index (χ1n) is 22.6. The number of para-hydroxylation sites is 4. The van der Waals surface area contributed by atoms with Crippen molar-refractivity contribution < 1.29 is 54.2 Å². The number of esters is 1. The van der Waals surface area contributed by atoms with Gasteiger partial charge in [0.05, 0.1) is 62.5 Å². The summed E-state index contributed by atoms with van der Waals surface area (Å²) in [6.45, 7) is 1.26. The van der Waals surface area contributed by atoms with Crippen LogP contribution in [0.25, 0.3) is 87.2 Å². The number of aromatic nitrogens is 4.